The summed E-state index contributed by atoms with van der Waals surface area (Å²) >= 11 is 6.02. The number of rotatable bonds is 7. The Balaban J connectivity index is 1.84. The second kappa shape index (κ2) is 9.36. The molecule has 2 rings (SSSR count). The molecule has 0 saturated heterocycles. The summed E-state index contributed by atoms with van der Waals surface area (Å²) in [6, 6.07) is 17.0. The summed E-state index contributed by atoms with van der Waals surface area (Å²) in [5.74, 6) is -1.35. The van der Waals surface area contributed by atoms with Crippen LogP contribution >= 0.6 is 11.6 Å². The van der Waals surface area contributed by atoms with Crippen LogP contribution in [0.1, 0.15) is 18.1 Å². The molecule has 2 amide bonds. The van der Waals surface area contributed by atoms with E-state index in [1.807, 2.05) is 49.4 Å². The minimum Gasteiger partial charge on any atom is -0.372 e. The molecular weight excluding hydrogens is 352 g/mol. The van der Waals surface area contributed by atoms with Crippen LogP contribution in [0.5, 0.6) is 0 Å². The van der Waals surface area contributed by atoms with E-state index >= 15 is 0 Å². The zero-order valence-electron chi connectivity index (χ0n) is 14.9. The molecule has 26 heavy (non-hydrogen) atoms. The second-order valence-electron chi connectivity index (χ2n) is 6.12. The molecule has 0 radical (unpaired) electrons. The van der Waals surface area contributed by atoms with Gasteiger partial charge in [0.15, 0.2) is 0 Å². The molecule has 0 aliphatic carbocycles. The number of benzene rings is 2. The quantitative estimate of drug-likeness (QED) is 0.732. The van der Waals surface area contributed by atoms with Crippen molar-refractivity contribution in [2.75, 3.05) is 20.2 Å². The van der Waals surface area contributed by atoms with Gasteiger partial charge in [-0.05, 0) is 36.6 Å². The lowest BCUT2D eigenvalue weighted by atomic mass is 9.95. The van der Waals surface area contributed by atoms with Crippen LogP contribution in [0.15, 0.2) is 54.6 Å². The number of methoxy groups -OCH3 is 1. The Morgan fingerprint density at radius 2 is 1.73 bits per heavy atom. The van der Waals surface area contributed by atoms with Crippen molar-refractivity contribution in [2.24, 2.45) is 0 Å². The van der Waals surface area contributed by atoms with E-state index in [1.165, 1.54) is 0 Å². The highest BCUT2D eigenvalue weighted by atomic mass is 35.5. The minimum absolute atomic E-state index is 0.148. The molecule has 2 N–H and O–H groups in total. The van der Waals surface area contributed by atoms with Crippen LogP contribution in [-0.2, 0) is 26.3 Å². The lowest BCUT2D eigenvalue weighted by molar-refractivity contribution is -0.140. The maximum atomic E-state index is 12.0. The van der Waals surface area contributed by atoms with E-state index in [4.69, 9.17) is 16.3 Å². The molecule has 2 aromatic carbocycles. The molecule has 0 aromatic heterocycles. The summed E-state index contributed by atoms with van der Waals surface area (Å²) in [6.45, 7) is 2.37. The summed E-state index contributed by atoms with van der Waals surface area (Å²) in [6.07, 6.45) is 0.665. The van der Waals surface area contributed by atoms with Gasteiger partial charge in [0.05, 0.1) is 6.54 Å². The van der Waals surface area contributed by atoms with E-state index in [9.17, 15) is 9.59 Å². The lowest BCUT2D eigenvalue weighted by Crippen LogP contribution is -2.46. The smallest absolute Gasteiger partial charge is 0.309 e. The molecule has 0 spiro atoms. The van der Waals surface area contributed by atoms with Crippen LogP contribution < -0.4 is 10.6 Å². The average molecular weight is 375 g/mol. The van der Waals surface area contributed by atoms with Crippen LogP contribution in [0.3, 0.4) is 0 Å². The summed E-state index contributed by atoms with van der Waals surface area (Å²) < 4.78 is 5.54. The standard InChI is InChI=1S/C20H23ClN2O3/c1-20(26-2,16-9-6-10-17(21)13-16)14-23-19(25)18(24)22-12-11-15-7-4-3-5-8-15/h3-10,13H,11-12,14H2,1-2H3,(H,22,24)(H,23,25). The van der Waals surface area contributed by atoms with Gasteiger partial charge in [0.1, 0.15) is 5.60 Å². The highest BCUT2D eigenvalue weighted by Gasteiger charge is 2.28. The van der Waals surface area contributed by atoms with E-state index in [-0.39, 0.29) is 6.54 Å². The maximum Gasteiger partial charge on any atom is 0.309 e. The lowest BCUT2D eigenvalue weighted by Gasteiger charge is -2.29. The van der Waals surface area contributed by atoms with Gasteiger partial charge < -0.3 is 15.4 Å². The fraction of sp³-hybridized carbons (Fsp3) is 0.300. The van der Waals surface area contributed by atoms with Gasteiger partial charge >= 0.3 is 11.8 Å². The number of hydrogen-bond donors (Lipinski definition) is 2. The molecule has 0 bridgehead atoms. The Morgan fingerprint density at radius 3 is 2.38 bits per heavy atom. The molecule has 1 unspecified atom stereocenters. The Hall–Kier alpha value is -2.37. The van der Waals surface area contributed by atoms with E-state index in [2.05, 4.69) is 10.6 Å². The largest absolute Gasteiger partial charge is 0.372 e. The third kappa shape index (κ3) is 5.58. The molecule has 5 nitrogen and oxygen atoms in total. The van der Waals surface area contributed by atoms with Crippen molar-refractivity contribution in [3.63, 3.8) is 0 Å². The van der Waals surface area contributed by atoms with Crippen LogP contribution in [0, 0.1) is 0 Å². The number of nitrogens with one attached hydrogen (secondary N) is 2. The first-order valence-electron chi connectivity index (χ1n) is 8.36. The number of hydrogen-bond acceptors (Lipinski definition) is 3. The molecule has 0 saturated carbocycles. The SMILES string of the molecule is COC(C)(CNC(=O)C(=O)NCCc1ccccc1)c1cccc(Cl)c1. The topological polar surface area (TPSA) is 67.4 Å². The number of amides is 2. The summed E-state index contributed by atoms with van der Waals surface area (Å²) in [5.41, 5.74) is 1.13. The average Bonchev–Trinajstić information content (AvgIpc) is 2.66. The van der Waals surface area contributed by atoms with Crippen molar-refractivity contribution < 1.29 is 14.3 Å². The van der Waals surface area contributed by atoms with Gasteiger partial charge in [0.25, 0.3) is 0 Å². The van der Waals surface area contributed by atoms with E-state index in [0.29, 0.717) is 18.0 Å². The van der Waals surface area contributed by atoms with E-state index < -0.39 is 17.4 Å². The Morgan fingerprint density at radius 1 is 1.04 bits per heavy atom. The van der Waals surface area contributed by atoms with Gasteiger partial charge in [-0.15, -0.1) is 0 Å². The van der Waals surface area contributed by atoms with Gasteiger partial charge in [-0.25, -0.2) is 0 Å². The Bertz CT molecular complexity index is 752. The summed E-state index contributed by atoms with van der Waals surface area (Å²) in [4.78, 5) is 24.0. The third-order valence-electron chi connectivity index (χ3n) is 4.22. The zero-order chi connectivity index (χ0) is 19.0. The number of carbonyl (C=O) groups is 2. The van der Waals surface area contributed by atoms with Crippen molar-refractivity contribution in [2.45, 2.75) is 18.9 Å². The number of ether oxygens (including phenoxy) is 1. The molecule has 138 valence electrons. The molecule has 2 aromatic rings. The van der Waals surface area contributed by atoms with Gasteiger partial charge in [-0.3, -0.25) is 9.59 Å². The molecule has 6 heteroatoms. The van der Waals surface area contributed by atoms with Gasteiger partial charge in [-0.1, -0.05) is 54.1 Å². The normalized spacial score (nSPS) is 12.9. The molecule has 0 heterocycles. The molecule has 0 aliphatic rings. The first-order valence-corrected chi connectivity index (χ1v) is 8.73. The third-order valence-corrected chi connectivity index (χ3v) is 4.46. The van der Waals surface area contributed by atoms with Gasteiger partial charge in [0.2, 0.25) is 0 Å². The first kappa shape index (κ1) is 19.9. The van der Waals surface area contributed by atoms with Gasteiger partial charge in [0, 0.05) is 18.7 Å². The zero-order valence-corrected chi connectivity index (χ0v) is 15.7. The van der Waals surface area contributed by atoms with Crippen LogP contribution in [-0.4, -0.2) is 32.0 Å². The maximum absolute atomic E-state index is 12.0. The predicted molar refractivity (Wildman–Crippen MR) is 102 cm³/mol. The second-order valence-corrected chi connectivity index (χ2v) is 6.56. The molecular formula is C20H23ClN2O3. The highest BCUT2D eigenvalue weighted by Crippen LogP contribution is 2.26. The van der Waals surface area contributed by atoms with Crippen LogP contribution in [0.25, 0.3) is 0 Å². The molecule has 0 fully saturated rings. The van der Waals surface area contributed by atoms with E-state index in [0.717, 1.165) is 11.1 Å². The summed E-state index contributed by atoms with van der Waals surface area (Å²) in [7, 11) is 1.55. The van der Waals surface area contributed by atoms with Crippen LogP contribution in [0.4, 0.5) is 0 Å². The van der Waals surface area contributed by atoms with Gasteiger partial charge in [-0.2, -0.15) is 0 Å². The Kier molecular flexibility index (Phi) is 7.18. The van der Waals surface area contributed by atoms with Crippen molar-refractivity contribution in [3.8, 4) is 0 Å². The summed E-state index contributed by atoms with van der Waals surface area (Å²) in [5, 5.41) is 5.82. The fourth-order valence-electron chi connectivity index (χ4n) is 2.48. The monoisotopic (exact) mass is 374 g/mol. The molecule has 0 aliphatic heterocycles. The van der Waals surface area contributed by atoms with Crippen molar-refractivity contribution in [3.05, 3.63) is 70.7 Å². The van der Waals surface area contributed by atoms with Crippen molar-refractivity contribution in [1.29, 1.82) is 0 Å². The number of carbonyl (C=O) groups excluding carboxylic acids is 2. The highest BCUT2D eigenvalue weighted by molar-refractivity contribution is 6.35. The van der Waals surface area contributed by atoms with Crippen LogP contribution in [0.2, 0.25) is 5.02 Å². The first-order chi connectivity index (χ1) is 12.4. The number of halogens is 1. The molecule has 1 atom stereocenters. The Labute approximate surface area is 158 Å². The van der Waals surface area contributed by atoms with Crippen molar-refractivity contribution in [1.82, 2.24) is 10.6 Å². The predicted octanol–water partition coefficient (Wildman–Crippen LogP) is 2.68. The minimum atomic E-state index is -0.787. The van der Waals surface area contributed by atoms with E-state index in [1.54, 1.807) is 19.2 Å². The van der Waals surface area contributed by atoms with Crippen molar-refractivity contribution >= 4 is 23.4 Å². The fourth-order valence-corrected chi connectivity index (χ4v) is 2.67.